The van der Waals surface area contributed by atoms with Crippen LogP contribution in [0.3, 0.4) is 0 Å². The van der Waals surface area contributed by atoms with E-state index in [9.17, 15) is 0 Å². The Bertz CT molecular complexity index is 3500. The second-order valence-corrected chi connectivity index (χ2v) is 15.9. The Morgan fingerprint density at radius 3 is 1.67 bits per heavy atom. The molecule has 0 aliphatic heterocycles. The molecule has 3 heterocycles. The van der Waals surface area contributed by atoms with Gasteiger partial charge < -0.3 is 13.7 Å². The first-order chi connectivity index (χ1) is 28.7. The van der Waals surface area contributed by atoms with Gasteiger partial charge in [-0.25, -0.2) is 0 Å². The molecule has 0 N–H and O–H groups in total. The number of nitrogens with zero attached hydrogens (tertiary/aromatic N) is 1. The van der Waals surface area contributed by atoms with Crippen molar-refractivity contribution < 1.29 is 8.83 Å². The summed E-state index contributed by atoms with van der Waals surface area (Å²) in [5.74, 6) is 0. The van der Waals surface area contributed by atoms with E-state index >= 15 is 0 Å². The van der Waals surface area contributed by atoms with Gasteiger partial charge in [0.2, 0.25) is 0 Å². The minimum absolute atomic E-state index is 0.861. The fourth-order valence-corrected chi connectivity index (χ4v) is 9.90. The lowest BCUT2D eigenvalue weighted by molar-refractivity contribution is 0.663. The molecule has 0 saturated heterocycles. The van der Waals surface area contributed by atoms with Gasteiger partial charge in [0, 0.05) is 58.8 Å². The average Bonchev–Trinajstić information content (AvgIpc) is 3.98. The highest BCUT2D eigenvalue weighted by Crippen LogP contribution is 2.44. The van der Waals surface area contributed by atoms with Crippen molar-refractivity contribution in [2.75, 3.05) is 4.90 Å². The van der Waals surface area contributed by atoms with E-state index in [0.717, 1.165) is 72.1 Å². The number of hydrogen-bond acceptors (Lipinski definition) is 4. The summed E-state index contributed by atoms with van der Waals surface area (Å²) in [5, 5.41) is 7.02. The van der Waals surface area contributed by atoms with Gasteiger partial charge in [-0.1, -0.05) is 121 Å². The molecule has 0 spiro atoms. The minimum Gasteiger partial charge on any atom is -0.456 e. The number of fused-ring (bicyclic) bond motifs is 10. The Balaban J connectivity index is 0.944. The Morgan fingerprint density at radius 2 is 0.879 bits per heavy atom. The molecule has 0 bridgehead atoms. The van der Waals surface area contributed by atoms with Crippen LogP contribution in [0.15, 0.2) is 209 Å². The summed E-state index contributed by atoms with van der Waals surface area (Å²) in [6.07, 6.45) is 0. The zero-order valence-electron chi connectivity index (χ0n) is 31.2. The largest absolute Gasteiger partial charge is 0.456 e. The Hall–Kier alpha value is -7.40. The topological polar surface area (TPSA) is 29.5 Å². The highest BCUT2D eigenvalue weighted by molar-refractivity contribution is 7.25. The first kappa shape index (κ1) is 32.8. The fourth-order valence-electron chi connectivity index (χ4n) is 8.77. The molecular formula is C54H33NO2S. The normalized spacial score (nSPS) is 11.8. The summed E-state index contributed by atoms with van der Waals surface area (Å²) in [6.45, 7) is 0. The Labute approximate surface area is 338 Å². The summed E-state index contributed by atoms with van der Waals surface area (Å²) in [6, 6.07) is 71.5. The molecule has 58 heavy (non-hydrogen) atoms. The van der Waals surface area contributed by atoms with Gasteiger partial charge in [0.15, 0.2) is 0 Å². The third-order valence-corrected chi connectivity index (χ3v) is 12.6. The summed E-state index contributed by atoms with van der Waals surface area (Å²) in [5.41, 5.74) is 13.8. The predicted octanol–water partition coefficient (Wildman–Crippen LogP) is 16.3. The number of hydrogen-bond donors (Lipinski definition) is 0. The van der Waals surface area contributed by atoms with Crippen LogP contribution in [0.25, 0.3) is 97.4 Å². The van der Waals surface area contributed by atoms with Crippen LogP contribution >= 0.6 is 11.3 Å². The first-order valence-corrected chi connectivity index (χ1v) is 20.4. The van der Waals surface area contributed by atoms with Gasteiger partial charge in [0.05, 0.1) is 0 Å². The van der Waals surface area contributed by atoms with Crippen LogP contribution in [-0.2, 0) is 0 Å². The molecule has 0 amide bonds. The summed E-state index contributed by atoms with van der Waals surface area (Å²) in [7, 11) is 0. The van der Waals surface area contributed by atoms with Gasteiger partial charge in [0.25, 0.3) is 0 Å². The van der Waals surface area contributed by atoms with Gasteiger partial charge in [-0.05, 0) is 112 Å². The average molecular weight is 760 g/mol. The van der Waals surface area contributed by atoms with Crippen LogP contribution in [0.5, 0.6) is 0 Å². The third-order valence-electron chi connectivity index (χ3n) is 11.5. The van der Waals surface area contributed by atoms with Crippen molar-refractivity contribution in [1.29, 1.82) is 0 Å². The molecule has 0 atom stereocenters. The third kappa shape index (κ3) is 5.27. The van der Waals surface area contributed by atoms with Crippen LogP contribution in [0.2, 0.25) is 0 Å². The molecule has 12 rings (SSSR count). The van der Waals surface area contributed by atoms with Gasteiger partial charge in [-0.15, -0.1) is 11.3 Å². The molecule has 3 nitrogen and oxygen atoms in total. The maximum absolute atomic E-state index is 6.50. The van der Waals surface area contributed by atoms with E-state index in [-0.39, 0.29) is 0 Å². The van der Waals surface area contributed by atoms with Crippen molar-refractivity contribution in [1.82, 2.24) is 0 Å². The van der Waals surface area contributed by atoms with Gasteiger partial charge in [0.1, 0.15) is 22.3 Å². The fraction of sp³-hybridized carbons (Fsp3) is 0. The smallest absolute Gasteiger partial charge is 0.136 e. The lowest BCUT2D eigenvalue weighted by Crippen LogP contribution is -2.10. The van der Waals surface area contributed by atoms with Crippen molar-refractivity contribution in [3.05, 3.63) is 200 Å². The van der Waals surface area contributed by atoms with Gasteiger partial charge >= 0.3 is 0 Å². The van der Waals surface area contributed by atoms with E-state index < -0.39 is 0 Å². The monoisotopic (exact) mass is 759 g/mol. The van der Waals surface area contributed by atoms with E-state index in [1.165, 1.54) is 42.4 Å². The Kier molecular flexibility index (Phi) is 7.40. The van der Waals surface area contributed by atoms with Crippen LogP contribution < -0.4 is 4.90 Å². The number of benzene rings is 9. The molecule has 9 aromatic carbocycles. The highest BCUT2D eigenvalue weighted by Gasteiger charge is 2.18. The quantitative estimate of drug-likeness (QED) is 0.169. The first-order valence-electron chi connectivity index (χ1n) is 19.6. The molecular weight excluding hydrogens is 727 g/mol. The number of thiophene rings is 1. The van der Waals surface area contributed by atoms with Crippen LogP contribution in [0.4, 0.5) is 17.1 Å². The molecule has 3 aromatic heterocycles. The van der Waals surface area contributed by atoms with Crippen molar-refractivity contribution >= 4 is 92.4 Å². The van der Waals surface area contributed by atoms with E-state index in [0.29, 0.717) is 0 Å². The second-order valence-electron chi connectivity index (χ2n) is 14.8. The Morgan fingerprint density at radius 1 is 0.310 bits per heavy atom. The molecule has 0 aliphatic rings. The maximum Gasteiger partial charge on any atom is 0.136 e. The molecule has 0 fully saturated rings. The molecule has 272 valence electrons. The highest BCUT2D eigenvalue weighted by atomic mass is 32.1. The van der Waals surface area contributed by atoms with E-state index in [1.807, 2.05) is 35.6 Å². The minimum atomic E-state index is 0.861. The molecule has 0 radical (unpaired) electrons. The van der Waals surface area contributed by atoms with E-state index in [1.54, 1.807) is 0 Å². The van der Waals surface area contributed by atoms with Crippen molar-refractivity contribution in [3.8, 4) is 33.4 Å². The number of para-hydroxylation sites is 1. The number of anilines is 3. The zero-order chi connectivity index (χ0) is 38.2. The summed E-state index contributed by atoms with van der Waals surface area (Å²) < 4.78 is 15.3. The summed E-state index contributed by atoms with van der Waals surface area (Å²) >= 11 is 1.86. The van der Waals surface area contributed by atoms with Crippen molar-refractivity contribution in [3.63, 3.8) is 0 Å². The zero-order valence-corrected chi connectivity index (χ0v) is 32.0. The SMILES string of the molecule is c1ccc(-c2cccc(N(c3ccc(-c4ccc5c(c4)oc4ccc6oc7ccccc7c6c45)cc3)c3ccc(-c4cccc5sc6ccccc6c45)cc3)c2)cc1. The predicted molar refractivity (Wildman–Crippen MR) is 245 cm³/mol. The van der Waals surface area contributed by atoms with Crippen molar-refractivity contribution in [2.45, 2.75) is 0 Å². The second kappa shape index (κ2) is 13.1. The standard InChI is InChI=1S/C54H33NO2S/c1-2-10-34(11-3-1)37-12-8-13-41(32-37)55(40-27-22-36(23-28-40)42-16-9-19-51-52(42)45-15-5-7-18-50(45)58-51)39-25-20-35(21-26-39)38-24-29-44-49(33-38)57-48-31-30-47-53(54(44)48)43-14-4-6-17-46(43)56-47/h1-33H. The molecule has 0 aliphatic carbocycles. The van der Waals surface area contributed by atoms with Crippen LogP contribution in [0, 0.1) is 0 Å². The molecule has 0 unspecified atom stereocenters. The molecule has 0 saturated carbocycles. The van der Waals surface area contributed by atoms with Gasteiger partial charge in [-0.3, -0.25) is 0 Å². The molecule has 12 aromatic rings. The van der Waals surface area contributed by atoms with Crippen LogP contribution in [-0.4, -0.2) is 0 Å². The number of rotatable bonds is 6. The lowest BCUT2D eigenvalue weighted by atomic mass is 9.98. The maximum atomic E-state index is 6.50. The van der Waals surface area contributed by atoms with Gasteiger partial charge in [-0.2, -0.15) is 0 Å². The van der Waals surface area contributed by atoms with Crippen LogP contribution in [0.1, 0.15) is 0 Å². The molecule has 4 heteroatoms. The van der Waals surface area contributed by atoms with Crippen molar-refractivity contribution in [2.24, 2.45) is 0 Å². The van der Waals surface area contributed by atoms with E-state index in [4.69, 9.17) is 8.83 Å². The van der Waals surface area contributed by atoms with E-state index in [2.05, 4.69) is 181 Å². The number of furan rings is 2. The summed E-state index contributed by atoms with van der Waals surface area (Å²) in [4.78, 5) is 2.35. The lowest BCUT2D eigenvalue weighted by Gasteiger charge is -2.26.